The van der Waals surface area contributed by atoms with Crippen LogP contribution in [0.2, 0.25) is 0 Å². The van der Waals surface area contributed by atoms with Gasteiger partial charge in [0, 0.05) is 12.1 Å². The van der Waals surface area contributed by atoms with Gasteiger partial charge in [0.1, 0.15) is 11.6 Å². The number of anilines is 2. The van der Waals surface area contributed by atoms with Crippen molar-refractivity contribution in [3.8, 4) is 0 Å². The van der Waals surface area contributed by atoms with E-state index >= 15 is 0 Å². The van der Waals surface area contributed by atoms with Crippen molar-refractivity contribution in [3.05, 3.63) is 54.1 Å². The van der Waals surface area contributed by atoms with Gasteiger partial charge in [-0.3, -0.25) is 5.32 Å². The molecule has 0 aliphatic carbocycles. The number of urea groups is 1. The topological polar surface area (TPSA) is 80.0 Å². The number of carbonyl (C=O) groups is 1. The molecule has 0 fully saturated rings. The van der Waals surface area contributed by atoms with Crippen molar-refractivity contribution in [2.45, 2.75) is 23.3 Å². The Morgan fingerprint density at radius 1 is 1.32 bits per heavy atom. The fraction of sp³-hybridized carbons (Fsp3) is 0.188. The van der Waals surface area contributed by atoms with Crippen LogP contribution in [0.15, 0.2) is 45.3 Å². The first-order valence-corrected chi connectivity index (χ1v) is 9.28. The number of amides is 2. The predicted molar refractivity (Wildman–Crippen MR) is 96.6 cm³/mol. The molecule has 1 aromatic carbocycles. The van der Waals surface area contributed by atoms with Crippen LogP contribution in [-0.4, -0.2) is 16.0 Å². The molecule has 2 N–H and O–H groups in total. The Kier molecular flexibility index (Phi) is 5.67. The van der Waals surface area contributed by atoms with Gasteiger partial charge in [-0.1, -0.05) is 24.3 Å². The van der Waals surface area contributed by atoms with Crippen molar-refractivity contribution < 1.29 is 13.6 Å². The summed E-state index contributed by atoms with van der Waals surface area (Å²) >= 11 is 2.87. The number of hydrogen-bond acceptors (Lipinski definition) is 6. The number of carbonyl (C=O) groups excluding carboxylic acids is 1. The summed E-state index contributed by atoms with van der Waals surface area (Å²) in [6.07, 6.45) is 4.22. The van der Waals surface area contributed by atoms with Crippen molar-refractivity contribution in [3.63, 3.8) is 0 Å². The Balaban J connectivity index is 1.51. The van der Waals surface area contributed by atoms with E-state index in [1.807, 2.05) is 6.92 Å². The van der Waals surface area contributed by atoms with Crippen LogP contribution in [0.25, 0.3) is 0 Å². The lowest BCUT2D eigenvalue weighted by atomic mass is 10.3. The van der Waals surface area contributed by atoms with Crippen LogP contribution in [0, 0.1) is 5.82 Å². The molecule has 2 amide bonds. The number of rotatable bonds is 6. The summed E-state index contributed by atoms with van der Waals surface area (Å²) in [6, 6.07) is 5.20. The summed E-state index contributed by atoms with van der Waals surface area (Å²) in [5.74, 6) is 1.70. The summed E-state index contributed by atoms with van der Waals surface area (Å²) in [4.78, 5) is 20.3. The standard InChI is InChI=1S/C16H15FN4O2S2/c1-2-12-7-18-13(23-12)9-24-14-8-19-16(25-14)21-15(22)20-11-5-3-4-10(17)6-11/h3-8H,2,9H2,1H3,(H2,19,20,21,22). The lowest BCUT2D eigenvalue weighted by Crippen LogP contribution is -2.19. The molecule has 0 spiro atoms. The molecule has 130 valence electrons. The molecule has 0 bridgehead atoms. The first-order chi connectivity index (χ1) is 12.1. The van der Waals surface area contributed by atoms with Gasteiger partial charge in [0.05, 0.1) is 22.4 Å². The molecule has 0 aliphatic rings. The number of nitrogens with zero attached hydrogens (tertiary/aromatic N) is 2. The van der Waals surface area contributed by atoms with E-state index in [4.69, 9.17) is 4.42 Å². The normalized spacial score (nSPS) is 10.6. The molecule has 0 aliphatic heterocycles. The molecule has 3 aromatic rings. The Bertz CT molecular complexity index is 865. The van der Waals surface area contributed by atoms with Gasteiger partial charge in [0.25, 0.3) is 0 Å². The number of aromatic nitrogens is 2. The van der Waals surface area contributed by atoms with E-state index in [0.29, 0.717) is 22.5 Å². The van der Waals surface area contributed by atoms with Crippen LogP contribution in [0.5, 0.6) is 0 Å². The quantitative estimate of drug-likeness (QED) is 0.604. The minimum atomic E-state index is -0.475. The number of benzene rings is 1. The van der Waals surface area contributed by atoms with Gasteiger partial charge < -0.3 is 9.73 Å². The highest BCUT2D eigenvalue weighted by Crippen LogP contribution is 2.30. The molecule has 0 radical (unpaired) electrons. The average molecular weight is 378 g/mol. The summed E-state index contributed by atoms with van der Waals surface area (Å²) in [6.45, 7) is 2.01. The molecular weight excluding hydrogens is 363 g/mol. The summed E-state index contributed by atoms with van der Waals surface area (Å²) in [5, 5.41) is 5.63. The highest BCUT2D eigenvalue weighted by atomic mass is 32.2. The van der Waals surface area contributed by atoms with E-state index in [9.17, 15) is 9.18 Å². The van der Waals surface area contributed by atoms with Crippen molar-refractivity contribution in [2.75, 3.05) is 10.6 Å². The summed E-state index contributed by atoms with van der Waals surface area (Å²) < 4.78 is 19.6. The van der Waals surface area contributed by atoms with Crippen LogP contribution < -0.4 is 10.6 Å². The minimum Gasteiger partial charge on any atom is -0.445 e. The fourth-order valence-corrected chi connectivity index (χ4v) is 3.64. The number of nitrogens with one attached hydrogen (secondary N) is 2. The van der Waals surface area contributed by atoms with Gasteiger partial charge in [0.15, 0.2) is 5.13 Å². The molecule has 3 rings (SSSR count). The Hall–Kier alpha value is -2.39. The number of halogens is 1. The van der Waals surface area contributed by atoms with Gasteiger partial charge in [0.2, 0.25) is 5.89 Å². The van der Waals surface area contributed by atoms with Crippen LogP contribution in [0.3, 0.4) is 0 Å². The fourth-order valence-electron chi connectivity index (χ4n) is 1.92. The van der Waals surface area contributed by atoms with Crippen molar-refractivity contribution in [1.29, 1.82) is 0 Å². The first-order valence-electron chi connectivity index (χ1n) is 7.48. The van der Waals surface area contributed by atoms with E-state index in [2.05, 4.69) is 20.6 Å². The average Bonchev–Trinajstić information content (AvgIpc) is 3.21. The molecule has 2 aromatic heterocycles. The van der Waals surface area contributed by atoms with Crippen molar-refractivity contribution in [2.24, 2.45) is 0 Å². The number of oxazole rings is 1. The summed E-state index contributed by atoms with van der Waals surface area (Å²) in [7, 11) is 0. The van der Waals surface area contributed by atoms with Crippen LogP contribution in [0.1, 0.15) is 18.6 Å². The zero-order chi connectivity index (χ0) is 17.6. The molecule has 0 saturated heterocycles. The lowest BCUT2D eigenvalue weighted by Gasteiger charge is -2.04. The van der Waals surface area contributed by atoms with Gasteiger partial charge in [-0.15, -0.1) is 11.8 Å². The van der Waals surface area contributed by atoms with E-state index in [0.717, 1.165) is 16.4 Å². The number of thioether (sulfide) groups is 1. The number of aryl methyl sites for hydroxylation is 1. The maximum Gasteiger partial charge on any atom is 0.325 e. The molecule has 0 atom stereocenters. The van der Waals surface area contributed by atoms with Gasteiger partial charge in [-0.25, -0.2) is 19.2 Å². The lowest BCUT2D eigenvalue weighted by molar-refractivity contribution is 0.262. The molecule has 6 nitrogen and oxygen atoms in total. The zero-order valence-electron chi connectivity index (χ0n) is 13.3. The molecule has 0 saturated carbocycles. The SMILES string of the molecule is CCc1cnc(CSc2cnc(NC(=O)Nc3cccc(F)c3)s2)o1. The Morgan fingerprint density at radius 3 is 2.96 bits per heavy atom. The number of hydrogen-bond donors (Lipinski definition) is 2. The molecule has 0 unspecified atom stereocenters. The third-order valence-electron chi connectivity index (χ3n) is 3.08. The Labute approximate surface area is 151 Å². The molecular formula is C16H15FN4O2S2. The van der Waals surface area contributed by atoms with Crippen LogP contribution in [-0.2, 0) is 12.2 Å². The van der Waals surface area contributed by atoms with E-state index in [1.54, 1.807) is 18.5 Å². The summed E-state index contributed by atoms with van der Waals surface area (Å²) in [5.41, 5.74) is 0.374. The van der Waals surface area contributed by atoms with Gasteiger partial charge in [-0.05, 0) is 18.2 Å². The second-order valence-corrected chi connectivity index (χ2v) is 7.24. The van der Waals surface area contributed by atoms with Crippen molar-refractivity contribution >= 4 is 39.9 Å². The predicted octanol–water partition coefficient (Wildman–Crippen LogP) is 4.77. The first kappa shape index (κ1) is 17.4. The van der Waals surface area contributed by atoms with E-state index in [1.165, 1.54) is 41.3 Å². The van der Waals surface area contributed by atoms with Gasteiger partial charge >= 0.3 is 6.03 Å². The Morgan fingerprint density at radius 2 is 2.20 bits per heavy atom. The maximum absolute atomic E-state index is 13.1. The zero-order valence-corrected chi connectivity index (χ0v) is 14.9. The molecule has 9 heteroatoms. The molecule has 2 heterocycles. The van der Waals surface area contributed by atoms with E-state index in [-0.39, 0.29) is 0 Å². The second-order valence-electron chi connectivity index (χ2n) is 4.94. The monoisotopic (exact) mass is 378 g/mol. The molecule has 25 heavy (non-hydrogen) atoms. The second kappa shape index (κ2) is 8.13. The van der Waals surface area contributed by atoms with Gasteiger partial charge in [-0.2, -0.15) is 0 Å². The highest BCUT2D eigenvalue weighted by molar-refractivity contribution is 8.00. The maximum atomic E-state index is 13.1. The van der Waals surface area contributed by atoms with Crippen molar-refractivity contribution in [1.82, 2.24) is 9.97 Å². The highest BCUT2D eigenvalue weighted by Gasteiger charge is 2.09. The number of thiazole rings is 1. The third-order valence-corrected chi connectivity index (χ3v) is 5.17. The van der Waals surface area contributed by atoms with Crippen LogP contribution in [0.4, 0.5) is 20.0 Å². The minimum absolute atomic E-state index is 0.374. The smallest absolute Gasteiger partial charge is 0.325 e. The van der Waals surface area contributed by atoms with E-state index < -0.39 is 11.8 Å². The van der Waals surface area contributed by atoms with Crippen LogP contribution >= 0.6 is 23.1 Å². The largest absolute Gasteiger partial charge is 0.445 e. The third kappa shape index (κ3) is 5.04.